The fourth-order valence-electron chi connectivity index (χ4n) is 2.88. The smallest absolute Gasteiger partial charge is 0.208 e. The molecule has 2 saturated carbocycles. The Morgan fingerprint density at radius 3 is 2.12 bits per heavy atom. The number of hydrogen-bond donors (Lipinski definition) is 1. The van der Waals surface area contributed by atoms with Gasteiger partial charge in [0.25, 0.3) is 0 Å². The molecule has 4 heteroatoms. The van der Waals surface area contributed by atoms with Gasteiger partial charge in [0, 0.05) is 6.54 Å². The summed E-state index contributed by atoms with van der Waals surface area (Å²) in [6.07, 6.45) is 6.52. The molecule has 0 saturated heterocycles. The summed E-state index contributed by atoms with van der Waals surface area (Å²) in [7, 11) is -2.98. The van der Waals surface area contributed by atoms with Gasteiger partial charge in [-0.1, -0.05) is 27.2 Å². The van der Waals surface area contributed by atoms with Crippen molar-refractivity contribution < 1.29 is 8.42 Å². The average molecular weight is 261 g/mol. The largest absolute Gasteiger partial charge is 0.215 e. The van der Waals surface area contributed by atoms with Gasteiger partial charge >= 0.3 is 0 Å². The Morgan fingerprint density at radius 1 is 1.18 bits per heavy atom. The van der Waals surface area contributed by atoms with E-state index in [9.17, 15) is 8.42 Å². The lowest BCUT2D eigenvalue weighted by Gasteiger charge is -2.21. The van der Waals surface area contributed by atoms with E-state index in [2.05, 4.69) is 25.5 Å². The van der Waals surface area contributed by atoms with Gasteiger partial charge in [-0.2, -0.15) is 0 Å². The standard InChI is InChI=1S/C9H17NO2S.C4H10/c1-13(11,12)10-6-9-5-7-2-3-8(9)4-7;1-4(2)3/h7-10H,2-6H2,1H3;4H,1-3H3. The molecule has 3 nitrogen and oxygen atoms in total. The van der Waals surface area contributed by atoms with Crippen LogP contribution in [0.3, 0.4) is 0 Å². The van der Waals surface area contributed by atoms with E-state index in [4.69, 9.17) is 0 Å². The summed E-state index contributed by atoms with van der Waals surface area (Å²) < 4.78 is 24.4. The van der Waals surface area contributed by atoms with Crippen molar-refractivity contribution in [3.63, 3.8) is 0 Å². The second-order valence-electron chi connectivity index (χ2n) is 6.29. The first-order valence-electron chi connectivity index (χ1n) is 6.72. The first kappa shape index (κ1) is 15.0. The maximum atomic E-state index is 10.9. The zero-order chi connectivity index (χ0) is 13.1. The number of rotatable bonds is 3. The quantitative estimate of drug-likeness (QED) is 0.849. The van der Waals surface area contributed by atoms with E-state index in [-0.39, 0.29) is 0 Å². The van der Waals surface area contributed by atoms with Crippen molar-refractivity contribution in [2.45, 2.75) is 46.5 Å². The van der Waals surface area contributed by atoms with Gasteiger partial charge in [0.05, 0.1) is 6.26 Å². The van der Waals surface area contributed by atoms with E-state index in [1.165, 1.54) is 31.9 Å². The molecule has 0 amide bonds. The van der Waals surface area contributed by atoms with Crippen LogP contribution < -0.4 is 4.72 Å². The lowest BCUT2D eigenvalue weighted by Crippen LogP contribution is -2.30. The molecule has 2 rings (SSSR count). The molecule has 0 aromatic carbocycles. The van der Waals surface area contributed by atoms with Gasteiger partial charge in [0.1, 0.15) is 0 Å². The molecule has 0 radical (unpaired) electrons. The van der Waals surface area contributed by atoms with Crippen LogP contribution in [0.2, 0.25) is 0 Å². The first-order chi connectivity index (χ1) is 7.78. The number of sulfonamides is 1. The number of nitrogens with one attached hydrogen (secondary N) is 1. The molecular formula is C13H27NO2S. The van der Waals surface area contributed by atoms with Crippen LogP contribution in [-0.2, 0) is 10.0 Å². The Balaban J connectivity index is 0.000000317. The summed E-state index contributed by atoms with van der Waals surface area (Å²) in [6, 6.07) is 0. The van der Waals surface area contributed by atoms with Gasteiger partial charge in [-0.25, -0.2) is 13.1 Å². The second kappa shape index (κ2) is 6.19. The fraction of sp³-hybridized carbons (Fsp3) is 1.00. The molecule has 2 fully saturated rings. The molecule has 0 aromatic rings. The Hall–Kier alpha value is -0.0900. The SMILES string of the molecule is CC(C)C.CS(=O)(=O)NCC1CC2CCC1C2. The van der Waals surface area contributed by atoms with Crippen LogP contribution in [0, 0.1) is 23.7 Å². The molecule has 2 aliphatic carbocycles. The number of hydrogen-bond acceptors (Lipinski definition) is 2. The Morgan fingerprint density at radius 2 is 1.76 bits per heavy atom. The molecule has 102 valence electrons. The molecule has 0 heterocycles. The van der Waals surface area contributed by atoms with Crippen LogP contribution in [-0.4, -0.2) is 21.2 Å². The maximum Gasteiger partial charge on any atom is 0.208 e. The Bertz CT molecular complexity index is 322. The highest BCUT2D eigenvalue weighted by atomic mass is 32.2. The molecule has 1 N–H and O–H groups in total. The highest BCUT2D eigenvalue weighted by Crippen LogP contribution is 2.47. The lowest BCUT2D eigenvalue weighted by atomic mass is 9.89. The van der Waals surface area contributed by atoms with E-state index >= 15 is 0 Å². The van der Waals surface area contributed by atoms with Crippen molar-refractivity contribution in [1.29, 1.82) is 0 Å². The predicted octanol–water partition coefficient (Wildman–Crippen LogP) is 2.63. The predicted molar refractivity (Wildman–Crippen MR) is 72.3 cm³/mol. The zero-order valence-electron chi connectivity index (χ0n) is 11.6. The van der Waals surface area contributed by atoms with Gasteiger partial charge in [-0.3, -0.25) is 0 Å². The van der Waals surface area contributed by atoms with Gasteiger partial charge in [-0.15, -0.1) is 0 Å². The molecule has 2 aliphatic rings. The maximum absolute atomic E-state index is 10.9. The Labute approximate surface area is 106 Å². The minimum atomic E-state index is -2.98. The third-order valence-corrected chi connectivity index (χ3v) is 4.18. The summed E-state index contributed by atoms with van der Waals surface area (Å²) in [5.74, 6) is 3.16. The fourth-order valence-corrected chi connectivity index (χ4v) is 3.40. The minimum absolute atomic E-state index is 0.619. The van der Waals surface area contributed by atoms with Gasteiger partial charge < -0.3 is 0 Å². The van der Waals surface area contributed by atoms with Crippen LogP contribution in [0.25, 0.3) is 0 Å². The molecule has 3 unspecified atom stereocenters. The first-order valence-corrected chi connectivity index (χ1v) is 8.61. The van der Waals surface area contributed by atoms with Crippen molar-refractivity contribution in [3.05, 3.63) is 0 Å². The Kier molecular flexibility index (Phi) is 5.45. The molecular weight excluding hydrogens is 234 g/mol. The normalized spacial score (nSPS) is 31.5. The molecule has 2 bridgehead atoms. The van der Waals surface area contributed by atoms with Crippen molar-refractivity contribution in [2.75, 3.05) is 12.8 Å². The van der Waals surface area contributed by atoms with Gasteiger partial charge in [-0.05, 0) is 42.9 Å². The van der Waals surface area contributed by atoms with Crippen molar-refractivity contribution >= 4 is 10.0 Å². The average Bonchev–Trinajstić information content (AvgIpc) is 2.73. The topological polar surface area (TPSA) is 46.2 Å². The summed E-state index contributed by atoms with van der Waals surface area (Å²) in [4.78, 5) is 0. The highest BCUT2D eigenvalue weighted by Gasteiger charge is 2.39. The van der Waals surface area contributed by atoms with Crippen LogP contribution in [0.4, 0.5) is 0 Å². The number of fused-ring (bicyclic) bond motifs is 2. The summed E-state index contributed by atoms with van der Waals surface area (Å²) >= 11 is 0. The van der Waals surface area contributed by atoms with Crippen LogP contribution >= 0.6 is 0 Å². The third-order valence-electron chi connectivity index (χ3n) is 3.49. The van der Waals surface area contributed by atoms with E-state index in [1.807, 2.05) is 0 Å². The minimum Gasteiger partial charge on any atom is -0.215 e. The zero-order valence-corrected chi connectivity index (χ0v) is 12.4. The molecule has 0 spiro atoms. The van der Waals surface area contributed by atoms with E-state index in [0.29, 0.717) is 12.5 Å². The van der Waals surface area contributed by atoms with Crippen LogP contribution in [0.15, 0.2) is 0 Å². The monoisotopic (exact) mass is 261 g/mol. The lowest BCUT2D eigenvalue weighted by molar-refractivity contribution is 0.333. The molecule has 17 heavy (non-hydrogen) atoms. The molecule has 3 atom stereocenters. The third kappa shape index (κ3) is 5.87. The molecule has 0 aromatic heterocycles. The van der Waals surface area contributed by atoms with Crippen LogP contribution in [0.1, 0.15) is 46.5 Å². The highest BCUT2D eigenvalue weighted by molar-refractivity contribution is 7.88. The van der Waals surface area contributed by atoms with E-state index in [1.54, 1.807) is 0 Å². The summed E-state index contributed by atoms with van der Waals surface area (Å²) in [5, 5.41) is 0. The van der Waals surface area contributed by atoms with Crippen molar-refractivity contribution in [2.24, 2.45) is 23.7 Å². The van der Waals surface area contributed by atoms with Crippen LogP contribution in [0.5, 0.6) is 0 Å². The van der Waals surface area contributed by atoms with E-state index < -0.39 is 10.0 Å². The summed E-state index contributed by atoms with van der Waals surface area (Å²) in [6.45, 7) is 7.17. The second-order valence-corrected chi connectivity index (χ2v) is 8.12. The van der Waals surface area contributed by atoms with Gasteiger partial charge in [0.2, 0.25) is 10.0 Å². The van der Waals surface area contributed by atoms with Crippen molar-refractivity contribution in [3.8, 4) is 0 Å². The van der Waals surface area contributed by atoms with E-state index in [0.717, 1.165) is 17.8 Å². The molecule has 0 aliphatic heterocycles. The van der Waals surface area contributed by atoms with Crippen molar-refractivity contribution in [1.82, 2.24) is 4.72 Å². The summed E-state index contributed by atoms with van der Waals surface area (Å²) in [5.41, 5.74) is 0. The van der Waals surface area contributed by atoms with Gasteiger partial charge in [0.15, 0.2) is 0 Å².